The summed E-state index contributed by atoms with van der Waals surface area (Å²) in [7, 11) is 0. The van der Waals surface area contributed by atoms with Gasteiger partial charge in [0, 0.05) is 18.5 Å². The Morgan fingerprint density at radius 3 is 2.85 bits per heavy atom. The Balaban J connectivity index is 1.50. The van der Waals surface area contributed by atoms with Crippen LogP contribution in [0.2, 0.25) is 0 Å². The van der Waals surface area contributed by atoms with Crippen molar-refractivity contribution in [1.29, 1.82) is 0 Å². The van der Waals surface area contributed by atoms with Crippen LogP contribution in [0.4, 0.5) is 4.79 Å². The number of urea groups is 1. The second-order valence-corrected chi connectivity index (χ2v) is 7.69. The lowest BCUT2D eigenvalue weighted by atomic mass is 9.69. The summed E-state index contributed by atoms with van der Waals surface area (Å²) >= 11 is 0. The van der Waals surface area contributed by atoms with Gasteiger partial charge in [0.1, 0.15) is 0 Å². The summed E-state index contributed by atoms with van der Waals surface area (Å²) < 4.78 is 16.5. The van der Waals surface area contributed by atoms with Crippen molar-refractivity contribution >= 4 is 6.03 Å². The first-order valence-corrected chi connectivity index (χ1v) is 9.70. The summed E-state index contributed by atoms with van der Waals surface area (Å²) in [6.45, 7) is 4.87. The predicted octanol–water partition coefficient (Wildman–Crippen LogP) is 3.05. The molecule has 6 heteroatoms. The number of fused-ring (bicyclic) bond motifs is 1. The number of amides is 2. The van der Waals surface area contributed by atoms with Crippen LogP contribution in [0.1, 0.15) is 44.6 Å². The quantitative estimate of drug-likeness (QED) is 0.900. The van der Waals surface area contributed by atoms with Gasteiger partial charge in [0.25, 0.3) is 0 Å². The van der Waals surface area contributed by atoms with Gasteiger partial charge in [-0.3, -0.25) is 0 Å². The third kappa shape index (κ3) is 3.34. The van der Waals surface area contributed by atoms with Crippen LogP contribution in [0.3, 0.4) is 0 Å². The van der Waals surface area contributed by atoms with Crippen LogP contribution in [0, 0.1) is 0 Å². The molecule has 2 amide bonds. The molecular formula is C20H28N2O4. The van der Waals surface area contributed by atoms with Crippen molar-refractivity contribution in [3.63, 3.8) is 0 Å². The van der Waals surface area contributed by atoms with Gasteiger partial charge in [-0.15, -0.1) is 0 Å². The smallest absolute Gasteiger partial charge is 0.317 e. The maximum atomic E-state index is 12.7. The Hall–Kier alpha value is -1.95. The topological polar surface area (TPSA) is 60.0 Å². The number of nitrogens with one attached hydrogen (secondary N) is 1. The average molecular weight is 360 g/mol. The maximum absolute atomic E-state index is 12.7. The Kier molecular flexibility index (Phi) is 4.94. The molecule has 0 spiro atoms. The summed E-state index contributed by atoms with van der Waals surface area (Å²) in [5.74, 6) is 1.63. The first-order chi connectivity index (χ1) is 12.7. The Morgan fingerprint density at radius 2 is 2.04 bits per heavy atom. The molecule has 1 unspecified atom stereocenters. The second kappa shape index (κ2) is 7.35. The number of nitrogens with zero attached hydrogens (tertiary/aromatic N) is 1. The molecule has 0 bridgehead atoms. The molecule has 2 aliphatic heterocycles. The molecule has 1 N–H and O–H groups in total. The van der Waals surface area contributed by atoms with Gasteiger partial charge in [-0.2, -0.15) is 0 Å². The fraction of sp³-hybridized carbons (Fsp3) is 0.650. The van der Waals surface area contributed by atoms with E-state index in [-0.39, 0.29) is 24.3 Å². The molecule has 1 atom stereocenters. The SMILES string of the molecule is CC1COCCN1C(=O)NCC1(c2ccc3c(c2)OCO3)CCCCC1. The first kappa shape index (κ1) is 17.5. The van der Waals surface area contributed by atoms with E-state index in [0.717, 1.165) is 24.3 Å². The van der Waals surface area contributed by atoms with E-state index >= 15 is 0 Å². The number of carbonyl (C=O) groups excluding carboxylic acids is 1. The minimum Gasteiger partial charge on any atom is -0.454 e. The van der Waals surface area contributed by atoms with E-state index in [1.165, 1.54) is 24.8 Å². The van der Waals surface area contributed by atoms with E-state index in [9.17, 15) is 4.79 Å². The van der Waals surface area contributed by atoms with Crippen molar-refractivity contribution in [2.75, 3.05) is 33.1 Å². The highest BCUT2D eigenvalue weighted by molar-refractivity contribution is 5.74. The monoisotopic (exact) mass is 360 g/mol. The number of hydrogen-bond acceptors (Lipinski definition) is 4. The summed E-state index contributed by atoms with van der Waals surface area (Å²) in [6, 6.07) is 6.39. The van der Waals surface area contributed by atoms with Crippen molar-refractivity contribution in [3.8, 4) is 11.5 Å². The number of rotatable bonds is 3. The number of hydrogen-bond donors (Lipinski definition) is 1. The highest BCUT2D eigenvalue weighted by Crippen LogP contribution is 2.43. The Bertz CT molecular complexity index is 657. The number of benzene rings is 1. The number of carbonyl (C=O) groups is 1. The molecule has 1 aromatic rings. The van der Waals surface area contributed by atoms with Gasteiger partial charge in [-0.25, -0.2) is 4.79 Å². The molecule has 26 heavy (non-hydrogen) atoms. The molecule has 1 aromatic carbocycles. The van der Waals surface area contributed by atoms with Crippen molar-refractivity contribution in [3.05, 3.63) is 23.8 Å². The maximum Gasteiger partial charge on any atom is 0.317 e. The second-order valence-electron chi connectivity index (χ2n) is 7.69. The molecule has 0 aromatic heterocycles. The van der Waals surface area contributed by atoms with E-state index in [1.807, 2.05) is 17.9 Å². The minimum absolute atomic E-state index is 0.0199. The van der Waals surface area contributed by atoms with Crippen LogP contribution < -0.4 is 14.8 Å². The molecule has 1 saturated heterocycles. The van der Waals surface area contributed by atoms with Gasteiger partial charge in [-0.1, -0.05) is 25.3 Å². The zero-order chi connectivity index (χ0) is 18.0. The third-order valence-corrected chi connectivity index (χ3v) is 6.00. The van der Waals surface area contributed by atoms with E-state index < -0.39 is 0 Å². The summed E-state index contributed by atoms with van der Waals surface area (Å²) in [5, 5.41) is 3.22. The molecule has 1 saturated carbocycles. The molecule has 2 heterocycles. The fourth-order valence-electron chi connectivity index (χ4n) is 4.40. The highest BCUT2D eigenvalue weighted by Gasteiger charge is 2.36. The van der Waals surface area contributed by atoms with Crippen LogP contribution in [-0.4, -0.2) is 50.1 Å². The van der Waals surface area contributed by atoms with Gasteiger partial charge in [0.15, 0.2) is 11.5 Å². The first-order valence-electron chi connectivity index (χ1n) is 9.70. The Labute approximate surface area is 154 Å². The average Bonchev–Trinajstić information content (AvgIpc) is 3.15. The summed E-state index contributed by atoms with van der Waals surface area (Å²) in [6.07, 6.45) is 5.83. The minimum atomic E-state index is -0.0234. The molecule has 0 radical (unpaired) electrons. The van der Waals surface area contributed by atoms with Crippen molar-refractivity contribution in [2.45, 2.75) is 50.5 Å². The third-order valence-electron chi connectivity index (χ3n) is 6.00. The van der Waals surface area contributed by atoms with Crippen molar-refractivity contribution in [1.82, 2.24) is 10.2 Å². The predicted molar refractivity (Wildman–Crippen MR) is 97.7 cm³/mol. The molecule has 142 valence electrons. The normalized spacial score (nSPS) is 24.3. The molecule has 6 nitrogen and oxygen atoms in total. The zero-order valence-corrected chi connectivity index (χ0v) is 15.5. The van der Waals surface area contributed by atoms with E-state index in [0.29, 0.717) is 26.3 Å². The summed E-state index contributed by atoms with van der Waals surface area (Å²) in [4.78, 5) is 14.6. The van der Waals surface area contributed by atoms with Crippen LogP contribution in [0.25, 0.3) is 0 Å². The van der Waals surface area contributed by atoms with Crippen molar-refractivity contribution in [2.24, 2.45) is 0 Å². The number of ether oxygens (including phenoxy) is 3. The van der Waals surface area contributed by atoms with Crippen LogP contribution in [-0.2, 0) is 10.2 Å². The van der Waals surface area contributed by atoms with Crippen molar-refractivity contribution < 1.29 is 19.0 Å². The zero-order valence-electron chi connectivity index (χ0n) is 15.5. The van der Waals surface area contributed by atoms with Gasteiger partial charge in [0.05, 0.1) is 19.3 Å². The molecular weight excluding hydrogens is 332 g/mol. The van der Waals surface area contributed by atoms with Crippen LogP contribution in [0.5, 0.6) is 11.5 Å². The standard InChI is InChI=1S/C20H28N2O4/c1-15-12-24-10-9-22(15)19(23)21-13-20(7-3-2-4-8-20)16-5-6-17-18(11-16)26-14-25-17/h5-6,11,15H,2-4,7-10,12-14H2,1H3,(H,21,23). The van der Waals surface area contributed by atoms with Gasteiger partial charge in [-0.05, 0) is 37.5 Å². The van der Waals surface area contributed by atoms with E-state index in [4.69, 9.17) is 14.2 Å². The van der Waals surface area contributed by atoms with Gasteiger partial charge >= 0.3 is 6.03 Å². The van der Waals surface area contributed by atoms with E-state index in [1.54, 1.807) is 0 Å². The van der Waals surface area contributed by atoms with E-state index in [2.05, 4.69) is 17.4 Å². The lowest BCUT2D eigenvalue weighted by Gasteiger charge is -2.40. The number of morpholine rings is 1. The molecule has 3 aliphatic rings. The lowest BCUT2D eigenvalue weighted by molar-refractivity contribution is 0.0186. The van der Waals surface area contributed by atoms with Crippen LogP contribution >= 0.6 is 0 Å². The molecule has 2 fully saturated rings. The highest BCUT2D eigenvalue weighted by atomic mass is 16.7. The fourth-order valence-corrected chi connectivity index (χ4v) is 4.40. The molecule has 4 rings (SSSR count). The Morgan fingerprint density at radius 1 is 1.23 bits per heavy atom. The molecule has 1 aliphatic carbocycles. The lowest BCUT2D eigenvalue weighted by Crippen LogP contribution is -2.53. The van der Waals surface area contributed by atoms with Gasteiger partial charge < -0.3 is 24.4 Å². The van der Waals surface area contributed by atoms with Gasteiger partial charge in [0.2, 0.25) is 6.79 Å². The van der Waals surface area contributed by atoms with Crippen LogP contribution in [0.15, 0.2) is 18.2 Å². The summed E-state index contributed by atoms with van der Waals surface area (Å²) in [5.41, 5.74) is 1.22. The largest absolute Gasteiger partial charge is 0.454 e.